The van der Waals surface area contributed by atoms with Gasteiger partial charge in [-0.3, -0.25) is 4.79 Å². The van der Waals surface area contributed by atoms with Crippen LogP contribution in [0.2, 0.25) is 0 Å². The number of aromatic amines is 1. The Morgan fingerprint density at radius 2 is 1.79 bits per heavy atom. The monoisotopic (exact) mass is 403 g/mol. The maximum absolute atomic E-state index is 13.8. The molecular weight excluding hydrogens is 390 g/mol. The Balaban J connectivity index is 1.76. The number of benzene rings is 1. The molecule has 0 saturated carbocycles. The third-order valence-corrected chi connectivity index (χ3v) is 4.32. The second kappa shape index (κ2) is 7.04. The van der Waals surface area contributed by atoms with E-state index < -0.39 is 28.8 Å². The van der Waals surface area contributed by atoms with Crippen molar-refractivity contribution < 1.29 is 17.6 Å². The highest BCUT2D eigenvalue weighted by molar-refractivity contribution is 5.81. The molecule has 0 fully saturated rings. The maximum Gasteiger partial charge on any atom is 0.310 e. The standard InChI is InChI=1S/C19H13F4N5O/c1-9-15(6-11-2-3-24-17(11)25-9)26-19-27-18(29)14(22)8-28(19)7-10-4-12(20)16(23)13(21)5-10/h2-6,8H,7H2,1H3,(H,24,25)(H,26,27,29). The normalized spacial score (nSPS) is 11.2. The average Bonchev–Trinajstić information content (AvgIpc) is 3.11. The summed E-state index contributed by atoms with van der Waals surface area (Å²) in [6.45, 7) is 1.46. The van der Waals surface area contributed by atoms with E-state index in [1.807, 2.05) is 0 Å². The fraction of sp³-hybridized carbons (Fsp3) is 0.105. The number of hydrogen-bond donors (Lipinski definition) is 2. The maximum atomic E-state index is 13.8. The molecule has 0 spiro atoms. The molecule has 0 aliphatic heterocycles. The van der Waals surface area contributed by atoms with Gasteiger partial charge in [0, 0.05) is 17.8 Å². The molecule has 0 aliphatic rings. The second-order valence-electron chi connectivity index (χ2n) is 6.38. The molecule has 1 aromatic carbocycles. The van der Waals surface area contributed by atoms with Gasteiger partial charge in [-0.05, 0) is 36.8 Å². The van der Waals surface area contributed by atoms with Crippen LogP contribution < -0.4 is 10.9 Å². The molecule has 0 amide bonds. The lowest BCUT2D eigenvalue weighted by atomic mass is 10.2. The van der Waals surface area contributed by atoms with Crippen molar-refractivity contribution in [3.8, 4) is 0 Å². The number of hydrogen-bond acceptors (Lipinski definition) is 4. The molecule has 0 atom stereocenters. The van der Waals surface area contributed by atoms with Crippen LogP contribution in [0.3, 0.4) is 0 Å². The van der Waals surface area contributed by atoms with Gasteiger partial charge in [0.1, 0.15) is 5.65 Å². The van der Waals surface area contributed by atoms with Gasteiger partial charge in [-0.1, -0.05) is 0 Å². The van der Waals surface area contributed by atoms with Gasteiger partial charge in [0.25, 0.3) is 0 Å². The largest absolute Gasteiger partial charge is 0.346 e. The van der Waals surface area contributed by atoms with Crippen LogP contribution in [0.15, 0.2) is 41.5 Å². The van der Waals surface area contributed by atoms with Crippen LogP contribution >= 0.6 is 0 Å². The molecule has 6 nitrogen and oxygen atoms in total. The van der Waals surface area contributed by atoms with E-state index in [0.717, 1.165) is 28.3 Å². The fourth-order valence-corrected chi connectivity index (χ4v) is 2.90. The smallest absolute Gasteiger partial charge is 0.310 e. The first-order valence-corrected chi connectivity index (χ1v) is 8.44. The topological polar surface area (TPSA) is 75.6 Å². The lowest BCUT2D eigenvalue weighted by Gasteiger charge is -2.15. The van der Waals surface area contributed by atoms with Crippen molar-refractivity contribution in [3.05, 3.63) is 81.5 Å². The fourth-order valence-electron chi connectivity index (χ4n) is 2.90. The quantitative estimate of drug-likeness (QED) is 0.402. The summed E-state index contributed by atoms with van der Waals surface area (Å²) in [5.41, 5.74) is 0.651. The highest BCUT2D eigenvalue weighted by atomic mass is 19.2. The minimum Gasteiger partial charge on any atom is -0.346 e. The number of aromatic nitrogens is 4. The number of H-pyrrole nitrogens is 1. The summed E-state index contributed by atoms with van der Waals surface area (Å²) >= 11 is 0. The minimum atomic E-state index is -1.60. The van der Waals surface area contributed by atoms with Crippen molar-refractivity contribution in [3.63, 3.8) is 0 Å². The van der Waals surface area contributed by atoms with Crippen molar-refractivity contribution in [2.75, 3.05) is 5.32 Å². The first-order chi connectivity index (χ1) is 13.8. The first-order valence-electron chi connectivity index (χ1n) is 8.44. The van der Waals surface area contributed by atoms with Crippen LogP contribution in [-0.2, 0) is 6.54 Å². The molecule has 4 rings (SSSR count). The summed E-state index contributed by atoms with van der Waals surface area (Å²) in [5.74, 6) is -5.56. The summed E-state index contributed by atoms with van der Waals surface area (Å²) in [6, 6.07) is 5.13. The van der Waals surface area contributed by atoms with Crippen molar-refractivity contribution in [1.82, 2.24) is 19.5 Å². The molecular formula is C19H13F4N5O. The van der Waals surface area contributed by atoms with Gasteiger partial charge >= 0.3 is 5.56 Å². The van der Waals surface area contributed by atoms with E-state index >= 15 is 0 Å². The van der Waals surface area contributed by atoms with Crippen LogP contribution in [0.1, 0.15) is 11.3 Å². The summed E-state index contributed by atoms with van der Waals surface area (Å²) in [4.78, 5) is 22.7. The van der Waals surface area contributed by atoms with E-state index in [1.54, 1.807) is 25.3 Å². The van der Waals surface area contributed by atoms with Gasteiger partial charge < -0.3 is 14.9 Å². The van der Waals surface area contributed by atoms with Gasteiger partial charge in [-0.25, -0.2) is 18.2 Å². The van der Waals surface area contributed by atoms with E-state index in [9.17, 15) is 22.4 Å². The van der Waals surface area contributed by atoms with E-state index in [-0.39, 0.29) is 18.1 Å². The highest BCUT2D eigenvalue weighted by Gasteiger charge is 2.15. The SMILES string of the molecule is Cc1nc2[nH]ccc2cc1Nc1nc(=O)c(F)cn1Cc1cc(F)c(F)c(F)c1. The molecule has 0 saturated heterocycles. The highest BCUT2D eigenvalue weighted by Crippen LogP contribution is 2.23. The number of fused-ring (bicyclic) bond motifs is 1. The average molecular weight is 403 g/mol. The Morgan fingerprint density at radius 3 is 2.52 bits per heavy atom. The number of rotatable bonds is 4. The van der Waals surface area contributed by atoms with Gasteiger partial charge in [-0.2, -0.15) is 9.37 Å². The summed E-state index contributed by atoms with van der Waals surface area (Å²) < 4.78 is 55.2. The third-order valence-electron chi connectivity index (χ3n) is 4.32. The summed E-state index contributed by atoms with van der Waals surface area (Å²) in [5, 5.41) is 3.69. The van der Waals surface area contributed by atoms with Gasteiger partial charge in [0.2, 0.25) is 11.8 Å². The number of aryl methyl sites for hydroxylation is 1. The number of pyridine rings is 1. The summed E-state index contributed by atoms with van der Waals surface area (Å²) in [6.07, 6.45) is 2.57. The summed E-state index contributed by atoms with van der Waals surface area (Å²) in [7, 11) is 0. The van der Waals surface area contributed by atoms with Crippen molar-refractivity contribution in [2.45, 2.75) is 13.5 Å². The van der Waals surface area contributed by atoms with Crippen molar-refractivity contribution >= 4 is 22.7 Å². The number of halogens is 4. The second-order valence-corrected chi connectivity index (χ2v) is 6.38. The van der Waals surface area contributed by atoms with Crippen LogP contribution in [0.4, 0.5) is 29.2 Å². The number of anilines is 2. The minimum absolute atomic E-state index is 0.0187. The lowest BCUT2D eigenvalue weighted by Crippen LogP contribution is -2.20. The Kier molecular flexibility index (Phi) is 4.53. The zero-order valence-electron chi connectivity index (χ0n) is 14.9. The van der Waals surface area contributed by atoms with Crippen LogP contribution in [-0.4, -0.2) is 19.5 Å². The molecule has 148 valence electrons. The van der Waals surface area contributed by atoms with Crippen LogP contribution in [0.25, 0.3) is 11.0 Å². The van der Waals surface area contributed by atoms with Gasteiger partial charge in [-0.15, -0.1) is 0 Å². The third kappa shape index (κ3) is 3.56. The van der Waals surface area contributed by atoms with Crippen molar-refractivity contribution in [2.24, 2.45) is 0 Å². The first kappa shape index (κ1) is 18.7. The molecule has 0 bridgehead atoms. The van der Waals surface area contributed by atoms with E-state index in [0.29, 0.717) is 17.0 Å². The molecule has 3 heterocycles. The predicted octanol–water partition coefficient (Wildman–Crippen LogP) is 3.78. The zero-order valence-corrected chi connectivity index (χ0v) is 14.9. The molecule has 0 radical (unpaired) electrons. The van der Waals surface area contributed by atoms with Crippen molar-refractivity contribution in [1.29, 1.82) is 0 Å². The lowest BCUT2D eigenvalue weighted by molar-refractivity contribution is 0.444. The predicted molar refractivity (Wildman–Crippen MR) is 98.0 cm³/mol. The van der Waals surface area contributed by atoms with Gasteiger partial charge in [0.05, 0.1) is 17.9 Å². The Labute approximate surface area is 160 Å². The molecule has 0 aliphatic carbocycles. The molecule has 2 N–H and O–H groups in total. The molecule has 0 unspecified atom stereocenters. The van der Waals surface area contributed by atoms with E-state index in [1.165, 1.54) is 0 Å². The van der Waals surface area contributed by atoms with Gasteiger partial charge in [0.15, 0.2) is 17.5 Å². The number of nitrogens with zero attached hydrogens (tertiary/aromatic N) is 3. The molecule has 10 heteroatoms. The van der Waals surface area contributed by atoms with E-state index in [4.69, 9.17) is 0 Å². The van der Waals surface area contributed by atoms with Crippen LogP contribution in [0, 0.1) is 30.2 Å². The van der Waals surface area contributed by atoms with E-state index in [2.05, 4.69) is 20.3 Å². The molecule has 3 aromatic heterocycles. The Morgan fingerprint density at radius 1 is 1.07 bits per heavy atom. The zero-order chi connectivity index (χ0) is 20.7. The molecule has 29 heavy (non-hydrogen) atoms. The number of nitrogens with one attached hydrogen (secondary N) is 2. The molecule has 4 aromatic rings. The van der Waals surface area contributed by atoms with Crippen LogP contribution in [0.5, 0.6) is 0 Å². The Bertz CT molecular complexity index is 1270. The Hall–Kier alpha value is -3.69.